The van der Waals surface area contributed by atoms with Gasteiger partial charge in [0.25, 0.3) is 0 Å². The molecule has 11 rings (SSSR count). The van der Waals surface area contributed by atoms with Gasteiger partial charge < -0.3 is 24.1 Å². The highest BCUT2D eigenvalue weighted by molar-refractivity contribution is 6.02. The zero-order chi connectivity index (χ0) is 49.1. The number of hydrogen-bond donors (Lipinski definition) is 1. The molecule has 0 spiro atoms. The van der Waals surface area contributed by atoms with Gasteiger partial charge in [0.05, 0.1) is 25.0 Å². The van der Waals surface area contributed by atoms with E-state index in [9.17, 15) is 19.5 Å². The molecule has 8 nitrogen and oxygen atoms in total. The molecule has 68 heavy (non-hydrogen) atoms. The number of fused-ring (bicyclic) bond motifs is 17. The molecule has 1 aromatic rings. The summed E-state index contributed by atoms with van der Waals surface area (Å²) in [7, 11) is 3.07. The maximum atomic E-state index is 15.0. The van der Waals surface area contributed by atoms with E-state index >= 15 is 0 Å². The van der Waals surface area contributed by atoms with Crippen LogP contribution in [-0.4, -0.2) is 48.4 Å². The van der Waals surface area contributed by atoms with Crippen molar-refractivity contribution in [2.45, 2.75) is 203 Å². The average molecular weight is 931 g/mol. The summed E-state index contributed by atoms with van der Waals surface area (Å²) in [6, 6.07) is 2.16. The molecule has 0 aromatic heterocycles. The minimum atomic E-state index is -2.26. The second-order valence-electron chi connectivity index (χ2n) is 27.7. The third-order valence-electron chi connectivity index (χ3n) is 24.9. The fourth-order valence-corrected chi connectivity index (χ4v) is 19.8. The van der Waals surface area contributed by atoms with Crippen LogP contribution >= 0.6 is 0 Å². The number of aliphatic hydroxyl groups is 1. The molecule has 0 unspecified atom stereocenters. The number of carbonyl (C=O) groups excluding carboxylic acids is 3. The quantitative estimate of drug-likeness (QED) is 0.292. The van der Waals surface area contributed by atoms with Crippen molar-refractivity contribution < 1.29 is 38.4 Å². The molecule has 0 radical (unpaired) electrons. The first-order valence-electron chi connectivity index (χ1n) is 26.7. The number of ether oxygens (including phenoxy) is 4. The van der Waals surface area contributed by atoms with E-state index in [1.807, 2.05) is 6.92 Å². The van der Waals surface area contributed by atoms with Crippen molar-refractivity contribution >= 4 is 17.7 Å². The Kier molecular flexibility index (Phi) is 9.50. The molecule has 1 heterocycles. The Morgan fingerprint density at radius 2 is 1.19 bits per heavy atom. The standard InChI is InChI=1S/C60H82O8/c1-35-36-15-17-41-53(6,25-29-57(10)43-33-51(4,47(62)65-13)21-19-49(43,2)23-27-55(41,57)8)38(36)31-40-46(35)68-59(12)37-16-18-42-54(7,39(37)32-45(61)60(59,64)67-40)26-30-58(11)44-34-52(5,48(63)66-14)22-20-50(44,3)24-28-56(42,58)9/h16,18,31-32,41,43-44,64H,15,17,19-30,33-34H2,1-14H3/t41-,43+,44+,49+,50+,51+,52+,53-,54-,55+,56+,57-,58-,59-,60+/m0/s1. The summed E-state index contributed by atoms with van der Waals surface area (Å²) >= 11 is 0. The molecular weight excluding hydrogens is 849 g/mol. The Morgan fingerprint density at radius 3 is 1.81 bits per heavy atom. The van der Waals surface area contributed by atoms with Gasteiger partial charge in [-0.25, -0.2) is 0 Å². The molecule has 1 N–H and O–H groups in total. The second kappa shape index (κ2) is 13.8. The van der Waals surface area contributed by atoms with E-state index < -0.39 is 33.4 Å². The molecule has 1 aliphatic heterocycles. The molecule has 1 aromatic carbocycles. The van der Waals surface area contributed by atoms with Crippen molar-refractivity contribution in [1.29, 1.82) is 0 Å². The molecule has 6 saturated carbocycles. The van der Waals surface area contributed by atoms with Gasteiger partial charge in [-0.2, -0.15) is 0 Å². The van der Waals surface area contributed by atoms with Crippen LogP contribution in [0.1, 0.15) is 189 Å². The van der Waals surface area contributed by atoms with Crippen LogP contribution in [0.25, 0.3) is 0 Å². The van der Waals surface area contributed by atoms with E-state index in [0.717, 1.165) is 107 Å². The molecule has 10 aliphatic rings. The minimum Gasteiger partial charge on any atom is -0.471 e. The van der Waals surface area contributed by atoms with Crippen molar-refractivity contribution in [3.05, 3.63) is 57.7 Å². The molecule has 0 saturated heterocycles. The zero-order valence-electron chi connectivity index (χ0n) is 44.2. The van der Waals surface area contributed by atoms with Gasteiger partial charge in [-0.15, -0.1) is 0 Å². The molecule has 15 atom stereocenters. The normalized spacial score (nSPS) is 50.5. The topological polar surface area (TPSA) is 108 Å². The molecule has 0 amide bonds. The van der Waals surface area contributed by atoms with Crippen LogP contribution in [0.5, 0.6) is 11.5 Å². The van der Waals surface area contributed by atoms with E-state index in [2.05, 4.69) is 94.4 Å². The number of hydrogen-bond acceptors (Lipinski definition) is 8. The lowest BCUT2D eigenvalue weighted by atomic mass is 9.32. The van der Waals surface area contributed by atoms with Crippen LogP contribution in [0.4, 0.5) is 0 Å². The van der Waals surface area contributed by atoms with Crippen LogP contribution in [-0.2, 0) is 35.7 Å². The van der Waals surface area contributed by atoms with E-state index in [1.165, 1.54) is 36.7 Å². The Bertz CT molecular complexity index is 2570. The van der Waals surface area contributed by atoms with E-state index in [1.54, 1.807) is 13.2 Å². The summed E-state index contributed by atoms with van der Waals surface area (Å²) < 4.78 is 25.0. The van der Waals surface area contributed by atoms with Crippen molar-refractivity contribution in [3.8, 4) is 11.5 Å². The third-order valence-corrected chi connectivity index (χ3v) is 24.9. The van der Waals surface area contributed by atoms with Crippen molar-refractivity contribution in [2.75, 3.05) is 14.2 Å². The highest BCUT2D eigenvalue weighted by atomic mass is 16.7. The molecule has 0 bridgehead atoms. The van der Waals surface area contributed by atoms with Gasteiger partial charge in [-0.1, -0.05) is 73.1 Å². The average Bonchev–Trinajstić information content (AvgIpc) is 3.29. The second-order valence-corrected chi connectivity index (χ2v) is 27.7. The highest BCUT2D eigenvalue weighted by Gasteiger charge is 2.73. The molecule has 370 valence electrons. The molecule has 8 heteroatoms. The number of ketones is 1. The zero-order valence-corrected chi connectivity index (χ0v) is 44.2. The lowest BCUT2D eigenvalue weighted by Gasteiger charge is -2.72. The number of benzene rings is 1. The van der Waals surface area contributed by atoms with Crippen molar-refractivity contribution in [2.24, 2.45) is 66.5 Å². The maximum absolute atomic E-state index is 15.0. The van der Waals surface area contributed by atoms with Crippen LogP contribution < -0.4 is 9.47 Å². The first-order chi connectivity index (χ1) is 31.6. The lowest BCUT2D eigenvalue weighted by Crippen LogP contribution is -2.70. The maximum Gasteiger partial charge on any atom is 0.317 e. The third kappa shape index (κ3) is 5.31. The molecule has 9 aliphatic carbocycles. The summed E-state index contributed by atoms with van der Waals surface area (Å²) in [6.07, 6.45) is 22.1. The summed E-state index contributed by atoms with van der Waals surface area (Å²) in [5, 5.41) is 12.9. The fraction of sp³-hybridized carbons (Fsp3) is 0.750. The van der Waals surface area contributed by atoms with Gasteiger partial charge >= 0.3 is 17.7 Å². The predicted molar refractivity (Wildman–Crippen MR) is 263 cm³/mol. The van der Waals surface area contributed by atoms with E-state index in [0.29, 0.717) is 29.3 Å². The van der Waals surface area contributed by atoms with Gasteiger partial charge in [-0.05, 0) is 220 Å². The van der Waals surface area contributed by atoms with E-state index in [-0.39, 0.29) is 49.8 Å². The lowest BCUT2D eigenvalue weighted by molar-refractivity contribution is -0.231. The SMILES string of the molecule is COC(=O)[C@]1(C)CC[C@]2(C)CC[C@]3(C)C4=CC=C5C(=CC(=O)[C@@]6(O)Oc7cc8c(c(C)c7O[C@@]56C)CC[C@H]5[C@@]8(C)CC[C@@]6(C)[C@@H]7C[C@](C)(C(=O)OC)CC[C@]7(C)CC[C@]56C)[C@]4(C)CC[C@@]3(C)[C@@H]2C1. The monoisotopic (exact) mass is 931 g/mol. The number of esters is 2. The van der Waals surface area contributed by atoms with Crippen molar-refractivity contribution in [3.63, 3.8) is 0 Å². The summed E-state index contributed by atoms with van der Waals surface area (Å²) in [4.78, 5) is 41.6. The van der Waals surface area contributed by atoms with Crippen molar-refractivity contribution in [1.82, 2.24) is 0 Å². The highest BCUT2D eigenvalue weighted by Crippen LogP contribution is 2.78. The van der Waals surface area contributed by atoms with Gasteiger partial charge in [0.15, 0.2) is 11.5 Å². The molecular formula is C60H82O8. The van der Waals surface area contributed by atoms with Gasteiger partial charge in [0.2, 0.25) is 11.4 Å². The van der Waals surface area contributed by atoms with Gasteiger partial charge in [-0.3, -0.25) is 14.4 Å². The first-order valence-corrected chi connectivity index (χ1v) is 26.7. The summed E-state index contributed by atoms with van der Waals surface area (Å²) in [5.74, 6) is -0.606. The number of carbonyl (C=O) groups is 3. The van der Waals surface area contributed by atoms with Gasteiger partial charge in [0, 0.05) is 11.0 Å². The predicted octanol–water partition coefficient (Wildman–Crippen LogP) is 12.6. The van der Waals surface area contributed by atoms with Crippen LogP contribution in [0.3, 0.4) is 0 Å². The smallest absolute Gasteiger partial charge is 0.317 e. The fourth-order valence-electron chi connectivity index (χ4n) is 19.8. The number of rotatable bonds is 2. The Hall–Kier alpha value is -3.39. The Labute approximate surface area is 407 Å². The van der Waals surface area contributed by atoms with Crippen LogP contribution in [0, 0.1) is 73.4 Å². The largest absolute Gasteiger partial charge is 0.471 e. The summed E-state index contributed by atoms with van der Waals surface area (Å²) in [5.41, 5.74) is 3.92. The first kappa shape index (κ1) is 47.0. The Balaban J connectivity index is 0.948. The van der Waals surface area contributed by atoms with Crippen LogP contribution in [0.15, 0.2) is 41.0 Å². The number of methoxy groups -OCH3 is 2. The van der Waals surface area contributed by atoms with E-state index in [4.69, 9.17) is 18.9 Å². The summed E-state index contributed by atoms with van der Waals surface area (Å²) in [6.45, 7) is 28.2. The Morgan fingerprint density at radius 1 is 0.647 bits per heavy atom. The number of allylic oxidation sites excluding steroid dienone is 3. The van der Waals surface area contributed by atoms with Crippen LogP contribution in [0.2, 0.25) is 0 Å². The van der Waals surface area contributed by atoms with Gasteiger partial charge in [0.1, 0.15) is 0 Å². The molecule has 6 fully saturated rings. The minimum absolute atomic E-state index is 0.0512.